The van der Waals surface area contributed by atoms with Gasteiger partial charge in [0.1, 0.15) is 18.0 Å². The number of rotatable bonds is 7. The van der Waals surface area contributed by atoms with Crippen LogP contribution in [0.25, 0.3) is 0 Å². The Kier molecular flexibility index (Phi) is 5.35. The molecule has 0 spiro atoms. The van der Waals surface area contributed by atoms with Gasteiger partial charge in [0.05, 0.1) is 0 Å². The van der Waals surface area contributed by atoms with Gasteiger partial charge in [0.25, 0.3) is 0 Å². The van der Waals surface area contributed by atoms with Crippen LogP contribution in [0.5, 0.6) is 0 Å². The normalized spacial score (nSPS) is 10.2. The van der Waals surface area contributed by atoms with Crippen LogP contribution in [-0.2, 0) is 4.79 Å². The smallest absolute Gasteiger partial charge is 0.303 e. The predicted molar refractivity (Wildman–Crippen MR) is 71.1 cm³/mol. The number of nitrogens with zero attached hydrogens (tertiary/aromatic N) is 4. The highest BCUT2D eigenvalue weighted by atomic mass is 16.4. The van der Waals surface area contributed by atoms with Gasteiger partial charge in [-0.1, -0.05) is 0 Å². The molecule has 1 aromatic heterocycles. The van der Waals surface area contributed by atoms with Crippen LogP contribution in [0.2, 0.25) is 0 Å². The van der Waals surface area contributed by atoms with Gasteiger partial charge in [-0.3, -0.25) is 4.79 Å². The lowest BCUT2D eigenvalue weighted by Gasteiger charge is -2.20. The van der Waals surface area contributed by atoms with Crippen LogP contribution >= 0.6 is 0 Å². The first-order valence-electron chi connectivity index (χ1n) is 6.00. The Morgan fingerprint density at radius 3 is 2.44 bits per heavy atom. The highest BCUT2D eigenvalue weighted by Gasteiger charge is 2.07. The molecule has 18 heavy (non-hydrogen) atoms. The Balaban J connectivity index is 2.62. The summed E-state index contributed by atoms with van der Waals surface area (Å²) in [5.41, 5.74) is 0. The molecule has 0 saturated carbocycles. The van der Waals surface area contributed by atoms with Gasteiger partial charge in [-0.25, -0.2) is 9.97 Å². The highest BCUT2D eigenvalue weighted by Crippen LogP contribution is 2.15. The van der Waals surface area contributed by atoms with Gasteiger partial charge in [-0.2, -0.15) is 0 Å². The van der Waals surface area contributed by atoms with Gasteiger partial charge in [0.15, 0.2) is 0 Å². The summed E-state index contributed by atoms with van der Waals surface area (Å²) in [4.78, 5) is 22.8. The average molecular weight is 252 g/mol. The maximum absolute atomic E-state index is 10.4. The Morgan fingerprint density at radius 2 is 1.89 bits per heavy atom. The van der Waals surface area contributed by atoms with Crippen molar-refractivity contribution in [3.8, 4) is 0 Å². The largest absolute Gasteiger partial charge is 0.481 e. The lowest BCUT2D eigenvalue weighted by atomic mass is 10.3. The molecule has 6 nitrogen and oxygen atoms in total. The molecule has 6 heteroatoms. The van der Waals surface area contributed by atoms with Crippen molar-refractivity contribution in [1.82, 2.24) is 9.97 Å². The number of carbonyl (C=O) groups is 1. The lowest BCUT2D eigenvalue weighted by molar-refractivity contribution is -0.137. The van der Waals surface area contributed by atoms with Crippen molar-refractivity contribution in [1.29, 1.82) is 0 Å². The minimum atomic E-state index is -0.766. The van der Waals surface area contributed by atoms with E-state index in [2.05, 4.69) is 16.9 Å². The third-order valence-corrected chi connectivity index (χ3v) is 2.78. The zero-order valence-corrected chi connectivity index (χ0v) is 11.1. The van der Waals surface area contributed by atoms with Crippen molar-refractivity contribution in [2.24, 2.45) is 0 Å². The lowest BCUT2D eigenvalue weighted by Crippen LogP contribution is -2.22. The van der Waals surface area contributed by atoms with Gasteiger partial charge in [0, 0.05) is 39.7 Å². The highest BCUT2D eigenvalue weighted by molar-refractivity contribution is 5.66. The molecule has 0 radical (unpaired) electrons. The van der Waals surface area contributed by atoms with E-state index >= 15 is 0 Å². The maximum atomic E-state index is 10.4. The third kappa shape index (κ3) is 4.20. The number of aromatic nitrogens is 2. The molecular weight excluding hydrogens is 232 g/mol. The first-order valence-corrected chi connectivity index (χ1v) is 6.00. The topological polar surface area (TPSA) is 69.6 Å². The van der Waals surface area contributed by atoms with Crippen LogP contribution < -0.4 is 9.80 Å². The molecule has 0 bridgehead atoms. The number of hydrogen-bond donors (Lipinski definition) is 1. The number of anilines is 2. The standard InChI is InChI=1S/C12H20N4O2/c1-4-15(2)10-8-11(14-9-13-10)16(3)7-5-6-12(17)18/h8-9H,4-7H2,1-3H3,(H,17,18). The van der Waals surface area contributed by atoms with Crippen molar-refractivity contribution in [3.63, 3.8) is 0 Å². The van der Waals surface area contributed by atoms with E-state index < -0.39 is 5.97 Å². The van der Waals surface area contributed by atoms with Gasteiger partial charge in [-0.05, 0) is 13.3 Å². The Labute approximate surface area is 107 Å². The summed E-state index contributed by atoms with van der Waals surface area (Å²) in [6.45, 7) is 3.59. The molecule has 1 rings (SSSR count). The molecule has 1 aromatic rings. The monoisotopic (exact) mass is 252 g/mol. The van der Waals surface area contributed by atoms with Crippen molar-refractivity contribution in [2.45, 2.75) is 19.8 Å². The molecule has 1 N–H and O–H groups in total. The van der Waals surface area contributed by atoms with E-state index in [0.717, 1.165) is 18.2 Å². The zero-order chi connectivity index (χ0) is 13.5. The average Bonchev–Trinajstić information content (AvgIpc) is 2.37. The van der Waals surface area contributed by atoms with Gasteiger partial charge >= 0.3 is 5.97 Å². The van der Waals surface area contributed by atoms with Crippen molar-refractivity contribution >= 4 is 17.6 Å². The molecule has 0 aliphatic carbocycles. The molecule has 1 heterocycles. The Bertz CT molecular complexity index is 397. The van der Waals surface area contributed by atoms with Crippen LogP contribution in [0.1, 0.15) is 19.8 Å². The molecule has 100 valence electrons. The van der Waals surface area contributed by atoms with Crippen LogP contribution in [0.15, 0.2) is 12.4 Å². The van der Waals surface area contributed by atoms with Gasteiger partial charge in [-0.15, -0.1) is 0 Å². The molecule has 0 unspecified atom stereocenters. The molecule has 0 aliphatic rings. The summed E-state index contributed by atoms with van der Waals surface area (Å²) in [7, 11) is 3.87. The second-order valence-corrected chi connectivity index (χ2v) is 4.17. The Morgan fingerprint density at radius 1 is 1.28 bits per heavy atom. The maximum Gasteiger partial charge on any atom is 0.303 e. The van der Waals surface area contributed by atoms with E-state index in [1.54, 1.807) is 0 Å². The summed E-state index contributed by atoms with van der Waals surface area (Å²) in [6, 6.07) is 1.91. The third-order valence-electron chi connectivity index (χ3n) is 2.78. The summed E-state index contributed by atoms with van der Waals surface area (Å²) in [5, 5.41) is 8.59. The number of carboxylic acid groups (broad SMARTS) is 1. The second-order valence-electron chi connectivity index (χ2n) is 4.17. The molecular formula is C12H20N4O2. The predicted octanol–water partition coefficient (Wildman–Crippen LogP) is 1.23. The van der Waals surface area contributed by atoms with Crippen LogP contribution in [0.4, 0.5) is 11.6 Å². The minimum Gasteiger partial charge on any atom is -0.481 e. The molecule has 0 amide bonds. The Hall–Kier alpha value is -1.85. The first-order chi connectivity index (χ1) is 8.54. The van der Waals surface area contributed by atoms with E-state index in [9.17, 15) is 4.79 Å². The van der Waals surface area contributed by atoms with E-state index in [4.69, 9.17) is 5.11 Å². The van der Waals surface area contributed by atoms with Crippen molar-refractivity contribution < 1.29 is 9.90 Å². The van der Waals surface area contributed by atoms with Crippen LogP contribution in [0.3, 0.4) is 0 Å². The summed E-state index contributed by atoms with van der Waals surface area (Å²) in [6.07, 6.45) is 2.32. The summed E-state index contributed by atoms with van der Waals surface area (Å²) in [5.74, 6) is 0.913. The minimum absolute atomic E-state index is 0.178. The number of hydrogen-bond acceptors (Lipinski definition) is 5. The van der Waals surface area contributed by atoms with Crippen LogP contribution in [-0.4, -0.2) is 48.2 Å². The summed E-state index contributed by atoms with van der Waals surface area (Å²) < 4.78 is 0. The van der Waals surface area contributed by atoms with Gasteiger partial charge in [0.2, 0.25) is 0 Å². The summed E-state index contributed by atoms with van der Waals surface area (Å²) >= 11 is 0. The van der Waals surface area contributed by atoms with E-state index in [1.165, 1.54) is 6.33 Å². The molecule has 0 aliphatic heterocycles. The van der Waals surface area contributed by atoms with Gasteiger partial charge < -0.3 is 14.9 Å². The zero-order valence-electron chi connectivity index (χ0n) is 11.1. The molecule has 0 aromatic carbocycles. The first kappa shape index (κ1) is 14.2. The molecule has 0 atom stereocenters. The fraction of sp³-hybridized carbons (Fsp3) is 0.583. The molecule has 0 saturated heterocycles. The van der Waals surface area contributed by atoms with Crippen LogP contribution in [0, 0.1) is 0 Å². The van der Waals surface area contributed by atoms with E-state index in [0.29, 0.717) is 13.0 Å². The number of aliphatic carboxylic acids is 1. The van der Waals surface area contributed by atoms with Crippen molar-refractivity contribution in [3.05, 3.63) is 12.4 Å². The number of carboxylic acids is 1. The fourth-order valence-corrected chi connectivity index (χ4v) is 1.50. The van der Waals surface area contributed by atoms with Crippen molar-refractivity contribution in [2.75, 3.05) is 37.0 Å². The molecule has 0 fully saturated rings. The fourth-order valence-electron chi connectivity index (χ4n) is 1.50. The second kappa shape index (κ2) is 6.78. The quantitative estimate of drug-likeness (QED) is 0.787. The van der Waals surface area contributed by atoms with E-state index in [-0.39, 0.29) is 6.42 Å². The SMILES string of the molecule is CCN(C)c1cc(N(C)CCCC(=O)O)ncn1. The van der Waals surface area contributed by atoms with E-state index in [1.807, 2.05) is 30.0 Å².